The van der Waals surface area contributed by atoms with Crippen molar-refractivity contribution < 1.29 is 4.79 Å². The van der Waals surface area contributed by atoms with Crippen LogP contribution < -0.4 is 4.90 Å². The molecule has 0 saturated carbocycles. The minimum absolute atomic E-state index is 0.169. The van der Waals surface area contributed by atoms with Crippen molar-refractivity contribution in [3.05, 3.63) is 42.5 Å². The second-order valence-electron chi connectivity index (χ2n) is 4.23. The fourth-order valence-electron chi connectivity index (χ4n) is 1.91. The molecule has 17 heavy (non-hydrogen) atoms. The van der Waals surface area contributed by atoms with Crippen molar-refractivity contribution in [3.8, 4) is 0 Å². The molecule has 0 bridgehead atoms. The van der Waals surface area contributed by atoms with Gasteiger partial charge in [0.1, 0.15) is 0 Å². The number of amides is 1. The highest BCUT2D eigenvalue weighted by Crippen LogP contribution is 2.21. The normalized spacial score (nSPS) is 10.5. The van der Waals surface area contributed by atoms with E-state index in [1.807, 2.05) is 32.2 Å². The van der Waals surface area contributed by atoms with Crippen molar-refractivity contribution in [2.45, 2.75) is 19.8 Å². The maximum absolute atomic E-state index is 11.8. The zero-order valence-electron chi connectivity index (χ0n) is 10.3. The average Bonchev–Trinajstić information content (AvgIpc) is 2.37. The van der Waals surface area contributed by atoms with Crippen LogP contribution in [0.4, 0.5) is 5.69 Å². The molecule has 2 aromatic rings. The van der Waals surface area contributed by atoms with Gasteiger partial charge in [0.05, 0.1) is 0 Å². The van der Waals surface area contributed by atoms with Gasteiger partial charge in [-0.25, -0.2) is 0 Å². The Balaban J connectivity index is 2.32. The molecule has 0 N–H and O–H groups in total. The summed E-state index contributed by atoms with van der Waals surface area (Å²) in [6.07, 6.45) is 1.49. The first kappa shape index (κ1) is 11.6. The Hall–Kier alpha value is -1.83. The molecule has 0 aliphatic rings. The van der Waals surface area contributed by atoms with E-state index in [1.165, 1.54) is 10.8 Å². The maximum Gasteiger partial charge on any atom is 0.226 e. The lowest BCUT2D eigenvalue weighted by atomic mass is 10.1. The highest BCUT2D eigenvalue weighted by atomic mass is 16.2. The fraction of sp³-hybridized carbons (Fsp3) is 0.267. The van der Waals surface area contributed by atoms with Gasteiger partial charge >= 0.3 is 0 Å². The number of rotatable bonds is 3. The molecule has 0 radical (unpaired) electrons. The molecule has 0 saturated heterocycles. The summed E-state index contributed by atoms with van der Waals surface area (Å²) in [6.45, 7) is 2.02. The number of carbonyl (C=O) groups excluding carboxylic acids is 1. The molecule has 0 aliphatic carbocycles. The van der Waals surface area contributed by atoms with E-state index in [4.69, 9.17) is 0 Å². The number of carbonyl (C=O) groups is 1. The summed E-state index contributed by atoms with van der Waals surface area (Å²) in [7, 11) is 1.84. The Labute approximate surface area is 102 Å². The zero-order valence-corrected chi connectivity index (χ0v) is 10.3. The van der Waals surface area contributed by atoms with Crippen molar-refractivity contribution in [2.24, 2.45) is 0 Å². The van der Waals surface area contributed by atoms with E-state index in [9.17, 15) is 4.79 Å². The summed E-state index contributed by atoms with van der Waals surface area (Å²) in [5.41, 5.74) is 0.960. The quantitative estimate of drug-likeness (QED) is 0.784. The molecule has 0 spiro atoms. The maximum atomic E-state index is 11.8. The number of hydrogen-bond donors (Lipinski definition) is 0. The summed E-state index contributed by atoms with van der Waals surface area (Å²) in [6, 6.07) is 14.3. The standard InChI is InChI=1S/C15H17NO/c1-3-6-15(17)16(2)14-10-9-12-7-4-5-8-13(12)11-14/h4-5,7-11H,3,6H2,1-2H3. The Morgan fingerprint density at radius 2 is 1.82 bits per heavy atom. The van der Waals surface area contributed by atoms with Gasteiger partial charge < -0.3 is 4.90 Å². The molecule has 88 valence electrons. The molecule has 0 aliphatic heterocycles. The summed E-state index contributed by atoms with van der Waals surface area (Å²) in [4.78, 5) is 13.5. The van der Waals surface area contributed by atoms with Crippen molar-refractivity contribution in [1.82, 2.24) is 0 Å². The molecule has 2 aromatic carbocycles. The second-order valence-corrected chi connectivity index (χ2v) is 4.23. The first-order chi connectivity index (χ1) is 8.22. The fourth-order valence-corrected chi connectivity index (χ4v) is 1.91. The van der Waals surface area contributed by atoms with Gasteiger partial charge in [0.25, 0.3) is 0 Å². The van der Waals surface area contributed by atoms with E-state index in [-0.39, 0.29) is 5.91 Å². The second kappa shape index (κ2) is 5.00. The van der Waals surface area contributed by atoms with E-state index in [0.29, 0.717) is 6.42 Å². The van der Waals surface area contributed by atoms with Gasteiger partial charge in [-0.2, -0.15) is 0 Å². The van der Waals surface area contributed by atoms with Gasteiger partial charge in [-0.3, -0.25) is 4.79 Å². The lowest BCUT2D eigenvalue weighted by molar-refractivity contribution is -0.118. The number of fused-ring (bicyclic) bond motifs is 1. The minimum Gasteiger partial charge on any atom is -0.315 e. The largest absolute Gasteiger partial charge is 0.315 e. The Kier molecular flexibility index (Phi) is 3.43. The highest BCUT2D eigenvalue weighted by Gasteiger charge is 2.09. The molecule has 0 heterocycles. The van der Waals surface area contributed by atoms with Crippen LogP contribution in [0.1, 0.15) is 19.8 Å². The summed E-state index contributed by atoms with van der Waals surface area (Å²) < 4.78 is 0. The number of anilines is 1. The molecule has 2 nitrogen and oxygen atoms in total. The van der Waals surface area contributed by atoms with Crippen LogP contribution in [0.2, 0.25) is 0 Å². The van der Waals surface area contributed by atoms with Crippen LogP contribution in [-0.4, -0.2) is 13.0 Å². The summed E-state index contributed by atoms with van der Waals surface area (Å²) >= 11 is 0. The Bertz CT molecular complexity index is 533. The third kappa shape index (κ3) is 2.47. The van der Waals surface area contributed by atoms with E-state index < -0.39 is 0 Å². The third-order valence-electron chi connectivity index (χ3n) is 2.96. The van der Waals surface area contributed by atoms with Crippen LogP contribution in [0.25, 0.3) is 10.8 Å². The molecule has 1 amide bonds. The lowest BCUT2D eigenvalue weighted by Crippen LogP contribution is -2.25. The molecule has 2 rings (SSSR count). The smallest absolute Gasteiger partial charge is 0.226 e. The first-order valence-electron chi connectivity index (χ1n) is 5.97. The topological polar surface area (TPSA) is 20.3 Å². The van der Waals surface area contributed by atoms with Gasteiger partial charge in [-0.05, 0) is 29.3 Å². The molecule has 2 heteroatoms. The van der Waals surface area contributed by atoms with Crippen molar-refractivity contribution in [3.63, 3.8) is 0 Å². The van der Waals surface area contributed by atoms with Crippen LogP contribution in [-0.2, 0) is 4.79 Å². The van der Waals surface area contributed by atoms with Gasteiger partial charge in [0.2, 0.25) is 5.91 Å². The molecule has 0 unspecified atom stereocenters. The van der Waals surface area contributed by atoms with Gasteiger partial charge in [-0.15, -0.1) is 0 Å². The van der Waals surface area contributed by atoms with Gasteiger partial charge in [-0.1, -0.05) is 37.3 Å². The predicted octanol–water partition coefficient (Wildman–Crippen LogP) is 3.60. The van der Waals surface area contributed by atoms with Crippen LogP contribution in [0.15, 0.2) is 42.5 Å². The van der Waals surface area contributed by atoms with Gasteiger partial charge in [0.15, 0.2) is 0 Å². The van der Waals surface area contributed by atoms with Crippen LogP contribution in [0.5, 0.6) is 0 Å². The number of hydrogen-bond acceptors (Lipinski definition) is 1. The minimum atomic E-state index is 0.169. The van der Waals surface area contributed by atoms with E-state index in [2.05, 4.69) is 24.3 Å². The molecule has 0 fully saturated rings. The molecular weight excluding hydrogens is 210 g/mol. The first-order valence-corrected chi connectivity index (χ1v) is 5.97. The SMILES string of the molecule is CCCC(=O)N(C)c1ccc2ccccc2c1. The number of benzene rings is 2. The summed E-state index contributed by atoms with van der Waals surface area (Å²) in [5, 5.41) is 2.37. The number of nitrogens with zero attached hydrogens (tertiary/aromatic N) is 1. The van der Waals surface area contributed by atoms with Crippen molar-refractivity contribution in [2.75, 3.05) is 11.9 Å². The van der Waals surface area contributed by atoms with E-state index >= 15 is 0 Å². The van der Waals surface area contributed by atoms with Crippen molar-refractivity contribution in [1.29, 1.82) is 0 Å². The van der Waals surface area contributed by atoms with Crippen LogP contribution in [0, 0.1) is 0 Å². The monoisotopic (exact) mass is 227 g/mol. The van der Waals surface area contributed by atoms with E-state index in [1.54, 1.807) is 4.90 Å². The Morgan fingerprint density at radius 3 is 2.53 bits per heavy atom. The third-order valence-corrected chi connectivity index (χ3v) is 2.96. The highest BCUT2D eigenvalue weighted by molar-refractivity contribution is 5.95. The molecular formula is C15H17NO. The Morgan fingerprint density at radius 1 is 1.12 bits per heavy atom. The van der Waals surface area contributed by atoms with Crippen molar-refractivity contribution >= 4 is 22.4 Å². The predicted molar refractivity (Wildman–Crippen MR) is 72.3 cm³/mol. The van der Waals surface area contributed by atoms with E-state index in [0.717, 1.165) is 12.1 Å². The van der Waals surface area contributed by atoms with Crippen LogP contribution in [0.3, 0.4) is 0 Å². The van der Waals surface area contributed by atoms with Gasteiger partial charge in [0, 0.05) is 19.2 Å². The lowest BCUT2D eigenvalue weighted by Gasteiger charge is -2.17. The van der Waals surface area contributed by atoms with Crippen LogP contribution >= 0.6 is 0 Å². The average molecular weight is 227 g/mol. The zero-order chi connectivity index (χ0) is 12.3. The molecule has 0 aromatic heterocycles. The summed E-state index contributed by atoms with van der Waals surface area (Å²) in [5.74, 6) is 0.169. The molecule has 0 atom stereocenters.